The van der Waals surface area contributed by atoms with E-state index in [1.165, 1.54) is 16.7 Å². The number of aromatic amines is 1. The fourth-order valence-electron chi connectivity index (χ4n) is 1.61. The third-order valence-corrected chi connectivity index (χ3v) is 2.62. The summed E-state index contributed by atoms with van der Waals surface area (Å²) in [5.41, 5.74) is -0.366. The second kappa shape index (κ2) is 5.51. The van der Waals surface area contributed by atoms with Gasteiger partial charge in [0, 0.05) is 7.05 Å². The highest BCUT2D eigenvalue weighted by Crippen LogP contribution is 2.07. The fourth-order valence-corrected chi connectivity index (χ4v) is 1.61. The largest absolute Gasteiger partial charge is 0.343 e. The lowest BCUT2D eigenvalue weighted by Gasteiger charge is -2.13. The maximum atomic E-state index is 12.7. The Morgan fingerprint density at radius 2 is 2.25 bits per heavy atom. The van der Waals surface area contributed by atoms with Gasteiger partial charge in [-0.3, -0.25) is 9.88 Å². The summed E-state index contributed by atoms with van der Waals surface area (Å²) in [6.07, 6.45) is 0.996. The van der Waals surface area contributed by atoms with Crippen LogP contribution in [-0.2, 0) is 7.05 Å². The Morgan fingerprint density at radius 1 is 1.50 bits per heavy atom. The predicted molar refractivity (Wildman–Crippen MR) is 68.6 cm³/mol. The second-order valence-corrected chi connectivity index (χ2v) is 4.13. The zero-order valence-electron chi connectivity index (χ0n) is 10.8. The van der Waals surface area contributed by atoms with Crippen molar-refractivity contribution >= 4 is 11.8 Å². The minimum atomic E-state index is -0.535. The molecule has 2 amide bonds. The molecule has 0 fully saturated rings. The van der Waals surface area contributed by atoms with Crippen LogP contribution >= 0.6 is 0 Å². The van der Waals surface area contributed by atoms with Crippen molar-refractivity contribution in [2.24, 2.45) is 7.05 Å². The zero-order chi connectivity index (χ0) is 14.7. The van der Waals surface area contributed by atoms with Gasteiger partial charge in [-0.25, -0.2) is 24.1 Å². The van der Waals surface area contributed by atoms with Gasteiger partial charge >= 0.3 is 11.7 Å². The number of urea groups is 1. The van der Waals surface area contributed by atoms with Crippen LogP contribution in [0.15, 0.2) is 23.1 Å². The van der Waals surface area contributed by atoms with Gasteiger partial charge in [0.1, 0.15) is 11.6 Å². The van der Waals surface area contributed by atoms with E-state index < -0.39 is 17.9 Å². The number of nitrogens with zero attached hydrogens (tertiary/aromatic N) is 3. The number of rotatable bonds is 3. The lowest BCUT2D eigenvalue weighted by Crippen LogP contribution is -2.33. The normalized spacial score (nSPS) is 11.9. The highest BCUT2D eigenvalue weighted by Gasteiger charge is 2.15. The number of amides is 2. The van der Waals surface area contributed by atoms with E-state index in [-0.39, 0.29) is 11.5 Å². The average Bonchev–Trinajstić information content (AvgIpc) is 2.73. The lowest BCUT2D eigenvalue weighted by atomic mass is 10.3. The molecule has 2 aromatic heterocycles. The minimum Gasteiger partial charge on any atom is -0.328 e. The van der Waals surface area contributed by atoms with E-state index in [2.05, 4.69) is 25.8 Å². The topological polar surface area (TPSA) is 105 Å². The number of carbonyl (C=O) groups excluding carboxylic acids is 1. The Morgan fingerprint density at radius 3 is 2.80 bits per heavy atom. The fraction of sp³-hybridized carbons (Fsp3) is 0.273. The first-order chi connectivity index (χ1) is 9.47. The average molecular weight is 280 g/mol. The summed E-state index contributed by atoms with van der Waals surface area (Å²) < 4.78 is 14.0. The van der Waals surface area contributed by atoms with Gasteiger partial charge in [0.2, 0.25) is 0 Å². The summed E-state index contributed by atoms with van der Waals surface area (Å²) in [5.74, 6) is 0.111. The molecule has 106 valence electrons. The Kier molecular flexibility index (Phi) is 3.78. The lowest BCUT2D eigenvalue weighted by molar-refractivity contribution is 0.248. The van der Waals surface area contributed by atoms with Crippen molar-refractivity contribution in [3.8, 4) is 0 Å². The van der Waals surface area contributed by atoms with Gasteiger partial charge in [0.25, 0.3) is 0 Å². The third-order valence-electron chi connectivity index (χ3n) is 2.62. The summed E-state index contributed by atoms with van der Waals surface area (Å²) in [5, 5.41) is 11.1. The second-order valence-electron chi connectivity index (χ2n) is 4.13. The van der Waals surface area contributed by atoms with Gasteiger partial charge in [0.15, 0.2) is 5.82 Å². The van der Waals surface area contributed by atoms with Gasteiger partial charge in [-0.05, 0) is 19.1 Å². The molecule has 0 aliphatic carbocycles. The maximum Gasteiger partial charge on any atom is 0.343 e. The van der Waals surface area contributed by atoms with Crippen molar-refractivity contribution in [2.75, 3.05) is 5.32 Å². The van der Waals surface area contributed by atoms with E-state index in [1.807, 2.05) is 0 Å². The molecule has 3 N–H and O–H groups in total. The van der Waals surface area contributed by atoms with Crippen molar-refractivity contribution in [1.29, 1.82) is 0 Å². The first-order valence-corrected chi connectivity index (χ1v) is 5.77. The molecule has 1 atom stereocenters. The number of pyridine rings is 1. The molecule has 2 rings (SSSR count). The van der Waals surface area contributed by atoms with E-state index in [4.69, 9.17) is 0 Å². The molecule has 0 saturated carbocycles. The Bertz CT molecular complexity index is 662. The van der Waals surface area contributed by atoms with Gasteiger partial charge in [0.05, 0.1) is 12.2 Å². The molecular weight excluding hydrogens is 267 g/mol. The molecule has 0 aromatic carbocycles. The molecule has 0 bridgehead atoms. The molecule has 0 aliphatic rings. The van der Waals surface area contributed by atoms with Crippen molar-refractivity contribution in [3.63, 3.8) is 0 Å². The van der Waals surface area contributed by atoms with E-state index in [0.717, 1.165) is 6.20 Å². The van der Waals surface area contributed by atoms with E-state index in [9.17, 15) is 14.0 Å². The first-order valence-electron chi connectivity index (χ1n) is 5.77. The molecule has 0 unspecified atom stereocenters. The van der Waals surface area contributed by atoms with Crippen LogP contribution in [0.2, 0.25) is 0 Å². The third kappa shape index (κ3) is 2.99. The van der Waals surface area contributed by atoms with Crippen LogP contribution in [0.1, 0.15) is 18.8 Å². The molecule has 0 radical (unpaired) electrons. The number of nitrogens with one attached hydrogen (secondary N) is 3. The van der Waals surface area contributed by atoms with Crippen molar-refractivity contribution in [3.05, 3.63) is 40.5 Å². The van der Waals surface area contributed by atoms with Gasteiger partial charge in [-0.1, -0.05) is 0 Å². The summed E-state index contributed by atoms with van der Waals surface area (Å²) in [4.78, 5) is 26.6. The van der Waals surface area contributed by atoms with Gasteiger partial charge < -0.3 is 5.32 Å². The molecular formula is C11H13FN6O2. The summed E-state index contributed by atoms with van der Waals surface area (Å²) >= 11 is 0. The van der Waals surface area contributed by atoms with Crippen LogP contribution in [0.5, 0.6) is 0 Å². The van der Waals surface area contributed by atoms with Gasteiger partial charge in [-0.2, -0.15) is 5.10 Å². The Labute approximate surface area is 113 Å². The number of H-pyrrole nitrogens is 1. The molecule has 2 heterocycles. The smallest absolute Gasteiger partial charge is 0.328 e. The standard InChI is InChI=1S/C11H13FN6O2/c1-6(9-16-17-11(20)18(9)2)14-10(19)15-8-4-3-7(12)5-13-8/h3-6H,1-2H3,(H,17,20)(H2,13,14,15,19)/t6-/m0/s1. The highest BCUT2D eigenvalue weighted by molar-refractivity contribution is 5.88. The van der Waals surface area contributed by atoms with Crippen molar-refractivity contribution < 1.29 is 9.18 Å². The summed E-state index contributed by atoms with van der Waals surface area (Å²) in [6.45, 7) is 1.67. The Hall–Kier alpha value is -2.71. The molecule has 20 heavy (non-hydrogen) atoms. The summed E-state index contributed by atoms with van der Waals surface area (Å²) in [6, 6.07) is 1.50. The van der Waals surface area contributed by atoms with E-state index in [1.54, 1.807) is 14.0 Å². The van der Waals surface area contributed by atoms with E-state index in [0.29, 0.717) is 5.82 Å². The monoisotopic (exact) mass is 280 g/mol. The quantitative estimate of drug-likeness (QED) is 0.762. The number of halogens is 1. The molecule has 9 heteroatoms. The van der Waals surface area contributed by atoms with Crippen molar-refractivity contribution in [1.82, 2.24) is 25.1 Å². The number of hydrogen-bond donors (Lipinski definition) is 3. The minimum absolute atomic E-state index is 0.215. The van der Waals surface area contributed by atoms with Gasteiger partial charge in [-0.15, -0.1) is 0 Å². The molecule has 2 aromatic rings. The Balaban J connectivity index is 1.99. The van der Waals surface area contributed by atoms with E-state index >= 15 is 0 Å². The molecule has 8 nitrogen and oxygen atoms in total. The SMILES string of the molecule is C[C@H](NC(=O)Nc1ccc(F)cn1)c1n[nH]c(=O)n1C. The van der Waals surface area contributed by atoms with Crippen LogP contribution in [0.25, 0.3) is 0 Å². The predicted octanol–water partition coefficient (Wildman–Crippen LogP) is 0.525. The van der Waals surface area contributed by atoms with Crippen LogP contribution in [-0.4, -0.2) is 25.8 Å². The number of carbonyl (C=O) groups is 1. The highest BCUT2D eigenvalue weighted by atomic mass is 19.1. The number of aromatic nitrogens is 4. The maximum absolute atomic E-state index is 12.7. The van der Waals surface area contributed by atoms with Crippen molar-refractivity contribution in [2.45, 2.75) is 13.0 Å². The molecule has 0 aliphatic heterocycles. The van der Waals surface area contributed by atoms with Crippen LogP contribution in [0, 0.1) is 5.82 Å². The van der Waals surface area contributed by atoms with Crippen LogP contribution in [0.4, 0.5) is 15.0 Å². The summed E-state index contributed by atoms with van der Waals surface area (Å²) in [7, 11) is 1.54. The number of anilines is 1. The van der Waals surface area contributed by atoms with Crippen LogP contribution < -0.4 is 16.3 Å². The van der Waals surface area contributed by atoms with Crippen LogP contribution in [0.3, 0.4) is 0 Å². The molecule has 0 saturated heterocycles. The first kappa shape index (κ1) is 13.7. The number of hydrogen-bond acceptors (Lipinski definition) is 4. The zero-order valence-corrected chi connectivity index (χ0v) is 10.8. The molecule has 0 spiro atoms.